The fourth-order valence-corrected chi connectivity index (χ4v) is 4.49. The minimum Gasteiger partial charge on any atom is -0.351 e. The van der Waals surface area contributed by atoms with Crippen molar-refractivity contribution in [3.63, 3.8) is 0 Å². The highest BCUT2D eigenvalue weighted by Gasteiger charge is 2.49. The first kappa shape index (κ1) is 8.34. The smallest absolute Gasteiger partial charge is 0.261 e. The van der Waals surface area contributed by atoms with Crippen molar-refractivity contribution in [1.29, 1.82) is 0 Å². The van der Waals surface area contributed by atoms with E-state index in [4.69, 9.17) is 0 Å². The van der Waals surface area contributed by atoms with E-state index < -0.39 is 0 Å². The van der Waals surface area contributed by atoms with Gasteiger partial charge in [0, 0.05) is 11.4 Å². The molecule has 2 aliphatic carbocycles. The molecule has 0 bridgehead atoms. The number of nitrogens with one attached hydrogen (secondary N) is 1. The molecule has 2 heterocycles. The molecule has 0 radical (unpaired) electrons. The predicted octanol–water partition coefficient (Wildman–Crippen LogP) is 1.91. The molecule has 3 heteroatoms. The Bertz CT molecular complexity index is 470. The average Bonchev–Trinajstić information content (AvgIpc) is 2.72. The first-order valence-electron chi connectivity index (χ1n) is 5.69. The number of amides is 1. The van der Waals surface area contributed by atoms with E-state index in [1.165, 1.54) is 36.1 Å². The fraction of sp³-hybridized carbons (Fsp3) is 0.583. The first-order chi connectivity index (χ1) is 7.27. The molecule has 3 aliphatic rings. The van der Waals surface area contributed by atoms with Crippen LogP contribution in [0.4, 0.5) is 0 Å². The molecular formula is C12H13NOS. The molecule has 0 aromatic carbocycles. The minimum atomic E-state index is 0.167. The summed E-state index contributed by atoms with van der Waals surface area (Å²) >= 11 is 1.76. The Balaban J connectivity index is 1.85. The second-order valence-electron chi connectivity index (χ2n) is 5.17. The van der Waals surface area contributed by atoms with Crippen molar-refractivity contribution in [2.75, 3.05) is 6.54 Å². The maximum Gasteiger partial charge on any atom is 0.261 e. The Hall–Kier alpha value is -0.830. The molecule has 1 spiro atoms. The Kier molecular flexibility index (Phi) is 1.37. The second kappa shape index (κ2) is 2.46. The van der Waals surface area contributed by atoms with Gasteiger partial charge in [-0.3, -0.25) is 4.79 Å². The molecule has 1 saturated carbocycles. The van der Waals surface area contributed by atoms with E-state index >= 15 is 0 Å². The Morgan fingerprint density at radius 1 is 1.20 bits per heavy atom. The first-order valence-corrected chi connectivity index (χ1v) is 6.51. The molecule has 1 aliphatic heterocycles. The highest BCUT2D eigenvalue weighted by atomic mass is 32.1. The topological polar surface area (TPSA) is 29.1 Å². The van der Waals surface area contributed by atoms with Gasteiger partial charge >= 0.3 is 0 Å². The lowest BCUT2D eigenvalue weighted by Gasteiger charge is -2.14. The van der Waals surface area contributed by atoms with Gasteiger partial charge in [-0.1, -0.05) is 0 Å². The summed E-state index contributed by atoms with van der Waals surface area (Å²) in [6, 6.07) is 0. The minimum absolute atomic E-state index is 0.167. The fourth-order valence-electron chi connectivity index (χ4n) is 3.04. The predicted molar refractivity (Wildman–Crippen MR) is 59.4 cm³/mol. The molecule has 1 aromatic rings. The van der Waals surface area contributed by atoms with Gasteiger partial charge in [0.25, 0.3) is 5.91 Å². The SMILES string of the molecule is O=C1NCCc2c1sc1c2CC2(CC2)C1. The highest BCUT2D eigenvalue weighted by Crippen LogP contribution is 2.58. The lowest BCUT2D eigenvalue weighted by atomic mass is 9.99. The monoisotopic (exact) mass is 219 g/mol. The van der Waals surface area contributed by atoms with E-state index in [0.717, 1.165) is 17.8 Å². The second-order valence-corrected chi connectivity index (χ2v) is 6.28. The van der Waals surface area contributed by atoms with Crippen LogP contribution in [0.15, 0.2) is 0 Å². The molecule has 4 rings (SSSR count). The van der Waals surface area contributed by atoms with Crippen LogP contribution in [0.25, 0.3) is 0 Å². The Morgan fingerprint density at radius 3 is 2.87 bits per heavy atom. The third kappa shape index (κ3) is 1.02. The van der Waals surface area contributed by atoms with Crippen LogP contribution in [0.2, 0.25) is 0 Å². The number of thiophene rings is 1. The van der Waals surface area contributed by atoms with E-state index in [1.54, 1.807) is 16.9 Å². The number of hydrogen-bond acceptors (Lipinski definition) is 2. The van der Waals surface area contributed by atoms with Gasteiger partial charge in [-0.2, -0.15) is 0 Å². The zero-order valence-electron chi connectivity index (χ0n) is 8.56. The quantitative estimate of drug-likeness (QED) is 0.709. The molecule has 2 nitrogen and oxygen atoms in total. The summed E-state index contributed by atoms with van der Waals surface area (Å²) < 4.78 is 0. The van der Waals surface area contributed by atoms with Crippen LogP contribution in [-0.4, -0.2) is 12.5 Å². The van der Waals surface area contributed by atoms with Gasteiger partial charge in [0.1, 0.15) is 0 Å². The summed E-state index contributed by atoms with van der Waals surface area (Å²) in [6.07, 6.45) is 6.41. The summed E-state index contributed by atoms with van der Waals surface area (Å²) in [5, 5.41) is 2.93. The van der Waals surface area contributed by atoms with E-state index in [2.05, 4.69) is 5.32 Å². The average molecular weight is 219 g/mol. The van der Waals surface area contributed by atoms with E-state index in [1.807, 2.05) is 0 Å². The summed E-state index contributed by atoms with van der Waals surface area (Å²) in [5.41, 5.74) is 3.61. The van der Waals surface area contributed by atoms with Crippen LogP contribution in [-0.2, 0) is 19.3 Å². The van der Waals surface area contributed by atoms with Crippen molar-refractivity contribution < 1.29 is 4.79 Å². The van der Waals surface area contributed by atoms with Crippen LogP contribution in [0.5, 0.6) is 0 Å². The zero-order valence-corrected chi connectivity index (χ0v) is 9.38. The lowest BCUT2D eigenvalue weighted by Crippen LogP contribution is -2.30. The van der Waals surface area contributed by atoms with Gasteiger partial charge < -0.3 is 5.32 Å². The van der Waals surface area contributed by atoms with Crippen LogP contribution in [0.3, 0.4) is 0 Å². The molecule has 1 N–H and O–H groups in total. The number of rotatable bonds is 0. The van der Waals surface area contributed by atoms with Crippen molar-refractivity contribution in [2.24, 2.45) is 5.41 Å². The lowest BCUT2D eigenvalue weighted by molar-refractivity contribution is 0.0950. The molecule has 0 saturated heterocycles. The summed E-state index contributed by atoms with van der Waals surface area (Å²) in [5.74, 6) is 0.167. The van der Waals surface area contributed by atoms with E-state index in [0.29, 0.717) is 5.41 Å². The summed E-state index contributed by atoms with van der Waals surface area (Å²) in [4.78, 5) is 14.2. The van der Waals surface area contributed by atoms with Crippen molar-refractivity contribution in [3.8, 4) is 0 Å². The third-order valence-corrected chi connectivity index (χ3v) is 5.38. The van der Waals surface area contributed by atoms with Gasteiger partial charge in [0.15, 0.2) is 0 Å². The van der Waals surface area contributed by atoms with Crippen LogP contribution >= 0.6 is 11.3 Å². The van der Waals surface area contributed by atoms with Crippen molar-refractivity contribution in [1.82, 2.24) is 5.32 Å². The third-order valence-electron chi connectivity index (χ3n) is 4.11. The van der Waals surface area contributed by atoms with Gasteiger partial charge in [0.05, 0.1) is 4.88 Å². The number of fused-ring (bicyclic) bond motifs is 3. The molecule has 1 amide bonds. The summed E-state index contributed by atoms with van der Waals surface area (Å²) in [6.45, 7) is 0.835. The summed E-state index contributed by atoms with van der Waals surface area (Å²) in [7, 11) is 0. The molecule has 1 fully saturated rings. The standard InChI is InChI=1S/C12H13NOS/c14-11-10-7(1-4-13-11)8-5-12(2-3-12)6-9(8)15-10/h1-6H2,(H,13,14). The van der Waals surface area contributed by atoms with Gasteiger partial charge in [-0.05, 0) is 48.6 Å². The number of carbonyl (C=O) groups is 1. The van der Waals surface area contributed by atoms with Crippen molar-refractivity contribution in [2.45, 2.75) is 32.1 Å². The van der Waals surface area contributed by atoms with Crippen LogP contribution < -0.4 is 5.32 Å². The maximum atomic E-state index is 11.7. The van der Waals surface area contributed by atoms with E-state index in [9.17, 15) is 4.79 Å². The van der Waals surface area contributed by atoms with Gasteiger partial charge in [-0.25, -0.2) is 0 Å². The van der Waals surface area contributed by atoms with Crippen LogP contribution in [0.1, 0.15) is 38.5 Å². The van der Waals surface area contributed by atoms with Gasteiger partial charge in [0.2, 0.25) is 0 Å². The molecule has 0 atom stereocenters. The largest absolute Gasteiger partial charge is 0.351 e. The molecular weight excluding hydrogens is 206 g/mol. The zero-order chi connectivity index (χ0) is 10.0. The molecule has 15 heavy (non-hydrogen) atoms. The molecule has 0 unspecified atom stereocenters. The van der Waals surface area contributed by atoms with Crippen molar-refractivity contribution >= 4 is 17.2 Å². The number of carbonyl (C=O) groups excluding carboxylic acids is 1. The normalized spacial score (nSPS) is 24.9. The highest BCUT2D eigenvalue weighted by molar-refractivity contribution is 7.14. The van der Waals surface area contributed by atoms with Crippen LogP contribution in [0, 0.1) is 5.41 Å². The molecule has 1 aromatic heterocycles. The Morgan fingerprint density at radius 2 is 2.07 bits per heavy atom. The molecule has 78 valence electrons. The Labute approximate surface area is 92.7 Å². The maximum absolute atomic E-state index is 11.7. The van der Waals surface area contributed by atoms with Crippen molar-refractivity contribution in [3.05, 3.63) is 20.9 Å². The van der Waals surface area contributed by atoms with E-state index in [-0.39, 0.29) is 5.91 Å². The number of hydrogen-bond donors (Lipinski definition) is 1. The van der Waals surface area contributed by atoms with Gasteiger partial charge in [-0.15, -0.1) is 11.3 Å².